The minimum Gasteiger partial charge on any atom is -0.497 e. The number of nitrogens with zero attached hydrogens (tertiary/aromatic N) is 1. The van der Waals surface area contributed by atoms with Crippen molar-refractivity contribution in [2.45, 2.75) is 17.6 Å². The highest BCUT2D eigenvalue weighted by atomic mass is 35.5. The van der Waals surface area contributed by atoms with Gasteiger partial charge in [-0.1, -0.05) is 23.7 Å². The fourth-order valence-electron chi connectivity index (χ4n) is 1.79. The van der Waals surface area contributed by atoms with Gasteiger partial charge in [-0.25, -0.2) is 4.98 Å². The predicted octanol–water partition coefficient (Wildman–Crippen LogP) is 3.91. The van der Waals surface area contributed by atoms with E-state index >= 15 is 0 Å². The van der Waals surface area contributed by atoms with Crippen LogP contribution in [0.4, 0.5) is 5.69 Å². The molecule has 0 aliphatic heterocycles. The number of anilines is 1. The summed E-state index contributed by atoms with van der Waals surface area (Å²) in [5, 5.41) is 2.92. The number of nitrogens with one attached hydrogen (secondary N) is 1. The van der Waals surface area contributed by atoms with Gasteiger partial charge in [0.25, 0.3) is 0 Å². The van der Waals surface area contributed by atoms with E-state index in [9.17, 15) is 4.79 Å². The number of aromatic nitrogens is 1. The first-order chi connectivity index (χ1) is 10.1. The Labute approximate surface area is 132 Å². The summed E-state index contributed by atoms with van der Waals surface area (Å²) in [7, 11) is 1.64. The normalized spacial score (nSPS) is 10.2. The lowest BCUT2D eigenvalue weighted by Crippen LogP contribution is -1.99. The molecule has 0 saturated carbocycles. The fourth-order valence-corrected chi connectivity index (χ4v) is 3.21. The number of pyridine rings is 1. The van der Waals surface area contributed by atoms with Crippen LogP contribution in [0.5, 0.6) is 5.75 Å². The topological polar surface area (TPSA) is 51.2 Å². The molecule has 110 valence electrons. The minimum absolute atomic E-state index is 0.305. The third-order valence-electron chi connectivity index (χ3n) is 2.82. The maximum atomic E-state index is 10.7. The first kappa shape index (κ1) is 15.7. The third kappa shape index (κ3) is 4.12. The average Bonchev–Trinajstić information content (AvgIpc) is 2.48. The molecule has 0 bridgehead atoms. The van der Waals surface area contributed by atoms with Gasteiger partial charge in [-0.2, -0.15) is 0 Å². The van der Waals surface area contributed by atoms with Crippen LogP contribution in [0, 0.1) is 6.92 Å². The predicted molar refractivity (Wildman–Crippen MR) is 86.2 cm³/mol. The number of hydrogen-bond acceptors (Lipinski definition) is 4. The van der Waals surface area contributed by atoms with Gasteiger partial charge < -0.3 is 10.1 Å². The molecule has 0 aliphatic rings. The SMILES string of the molecule is COc1ccc(CSc2cc(C)nc(Cl)c2NC=O)cc1. The maximum absolute atomic E-state index is 10.7. The van der Waals surface area contributed by atoms with Gasteiger partial charge in [0.15, 0.2) is 5.15 Å². The lowest BCUT2D eigenvalue weighted by molar-refractivity contribution is -0.105. The summed E-state index contributed by atoms with van der Waals surface area (Å²) in [4.78, 5) is 15.7. The van der Waals surface area contributed by atoms with Gasteiger partial charge in [0, 0.05) is 16.3 Å². The second kappa shape index (κ2) is 7.33. The summed E-state index contributed by atoms with van der Waals surface area (Å²) >= 11 is 7.67. The Balaban J connectivity index is 2.16. The first-order valence-corrected chi connectivity index (χ1v) is 7.63. The van der Waals surface area contributed by atoms with E-state index in [1.54, 1.807) is 18.9 Å². The summed E-state index contributed by atoms with van der Waals surface area (Å²) in [6.07, 6.45) is 0.607. The summed E-state index contributed by atoms with van der Waals surface area (Å²) in [6.45, 7) is 1.87. The highest BCUT2D eigenvalue weighted by molar-refractivity contribution is 7.98. The molecule has 0 radical (unpaired) electrons. The molecule has 2 rings (SSSR count). The van der Waals surface area contributed by atoms with Crippen molar-refractivity contribution in [2.75, 3.05) is 12.4 Å². The molecule has 1 aromatic carbocycles. The number of amides is 1. The van der Waals surface area contributed by atoms with Crippen LogP contribution in [0.2, 0.25) is 5.15 Å². The van der Waals surface area contributed by atoms with Crippen LogP contribution >= 0.6 is 23.4 Å². The van der Waals surface area contributed by atoms with Gasteiger partial charge in [-0.15, -0.1) is 11.8 Å². The largest absolute Gasteiger partial charge is 0.497 e. The number of carbonyl (C=O) groups excluding carboxylic acids is 1. The molecule has 1 heterocycles. The van der Waals surface area contributed by atoms with Crippen molar-refractivity contribution in [1.82, 2.24) is 4.98 Å². The van der Waals surface area contributed by atoms with Crippen LogP contribution in [-0.2, 0) is 10.5 Å². The average molecular weight is 323 g/mol. The van der Waals surface area contributed by atoms with Crippen molar-refractivity contribution >= 4 is 35.5 Å². The highest BCUT2D eigenvalue weighted by Gasteiger charge is 2.10. The quantitative estimate of drug-likeness (QED) is 0.497. The number of ether oxygens (including phenoxy) is 1. The number of aryl methyl sites for hydroxylation is 1. The molecular formula is C15H15ClN2O2S. The molecule has 0 fully saturated rings. The molecule has 1 N–H and O–H groups in total. The van der Waals surface area contributed by atoms with Crippen LogP contribution < -0.4 is 10.1 Å². The number of halogens is 1. The Hall–Kier alpha value is -1.72. The summed E-state index contributed by atoms with van der Waals surface area (Å²) in [5.41, 5.74) is 2.52. The Morgan fingerprint density at radius 2 is 2.10 bits per heavy atom. The van der Waals surface area contributed by atoms with E-state index in [4.69, 9.17) is 16.3 Å². The molecule has 2 aromatic rings. The van der Waals surface area contributed by atoms with Gasteiger partial charge in [0.05, 0.1) is 12.8 Å². The van der Waals surface area contributed by atoms with E-state index in [1.165, 1.54) is 0 Å². The zero-order valence-electron chi connectivity index (χ0n) is 11.7. The van der Waals surface area contributed by atoms with Gasteiger partial charge in [-0.05, 0) is 30.7 Å². The third-order valence-corrected chi connectivity index (χ3v) is 4.21. The van der Waals surface area contributed by atoms with E-state index in [-0.39, 0.29) is 0 Å². The molecule has 0 aliphatic carbocycles. The van der Waals surface area contributed by atoms with Crippen LogP contribution in [0.3, 0.4) is 0 Å². The van der Waals surface area contributed by atoms with E-state index < -0.39 is 0 Å². The van der Waals surface area contributed by atoms with Crippen LogP contribution in [-0.4, -0.2) is 18.5 Å². The Kier molecular flexibility index (Phi) is 5.47. The van der Waals surface area contributed by atoms with Crippen LogP contribution in [0.15, 0.2) is 35.2 Å². The maximum Gasteiger partial charge on any atom is 0.211 e. The fraction of sp³-hybridized carbons (Fsp3) is 0.200. The monoisotopic (exact) mass is 322 g/mol. The van der Waals surface area contributed by atoms with E-state index in [0.29, 0.717) is 17.3 Å². The van der Waals surface area contributed by atoms with Gasteiger partial charge >= 0.3 is 0 Å². The van der Waals surface area contributed by atoms with Crippen LogP contribution in [0.25, 0.3) is 0 Å². The highest BCUT2D eigenvalue weighted by Crippen LogP contribution is 2.34. The number of carbonyl (C=O) groups is 1. The Bertz CT molecular complexity index is 632. The zero-order chi connectivity index (χ0) is 15.2. The van der Waals surface area contributed by atoms with Crippen molar-refractivity contribution in [3.05, 3.63) is 46.7 Å². The lowest BCUT2D eigenvalue weighted by Gasteiger charge is -2.11. The minimum atomic E-state index is 0.305. The summed E-state index contributed by atoms with van der Waals surface area (Å²) < 4.78 is 5.13. The number of hydrogen-bond donors (Lipinski definition) is 1. The lowest BCUT2D eigenvalue weighted by atomic mass is 10.2. The molecule has 1 amide bonds. The number of benzene rings is 1. The second-order valence-corrected chi connectivity index (χ2v) is 5.70. The molecular weight excluding hydrogens is 308 g/mol. The molecule has 0 spiro atoms. The number of rotatable bonds is 6. The summed E-state index contributed by atoms with van der Waals surface area (Å²) in [5.74, 6) is 1.59. The van der Waals surface area contributed by atoms with E-state index in [1.807, 2.05) is 37.3 Å². The smallest absolute Gasteiger partial charge is 0.211 e. The Morgan fingerprint density at radius 1 is 1.38 bits per heavy atom. The second-order valence-electron chi connectivity index (χ2n) is 4.33. The van der Waals surface area contributed by atoms with Gasteiger partial charge in [-0.3, -0.25) is 4.79 Å². The van der Waals surface area contributed by atoms with Crippen molar-refractivity contribution in [2.24, 2.45) is 0 Å². The van der Waals surface area contributed by atoms with E-state index in [0.717, 1.165) is 27.7 Å². The van der Waals surface area contributed by atoms with Gasteiger partial charge in [0.1, 0.15) is 5.75 Å². The zero-order valence-corrected chi connectivity index (χ0v) is 13.3. The van der Waals surface area contributed by atoms with E-state index in [2.05, 4.69) is 10.3 Å². The molecule has 0 atom stereocenters. The standard InChI is InChI=1S/C15H15ClN2O2S/c1-10-7-13(14(17-9-19)15(16)18-10)21-8-11-3-5-12(20-2)6-4-11/h3-7,9H,8H2,1-2H3,(H,17,19). The number of methoxy groups -OCH3 is 1. The summed E-state index contributed by atoms with van der Waals surface area (Å²) in [6, 6.07) is 9.77. The molecule has 0 saturated heterocycles. The van der Waals surface area contributed by atoms with Crippen molar-refractivity contribution in [3.8, 4) is 5.75 Å². The molecule has 0 unspecified atom stereocenters. The van der Waals surface area contributed by atoms with Crippen molar-refractivity contribution in [1.29, 1.82) is 0 Å². The molecule has 4 nitrogen and oxygen atoms in total. The molecule has 1 aromatic heterocycles. The van der Waals surface area contributed by atoms with Crippen LogP contribution in [0.1, 0.15) is 11.3 Å². The number of thioether (sulfide) groups is 1. The van der Waals surface area contributed by atoms with Gasteiger partial charge in [0.2, 0.25) is 6.41 Å². The molecule has 6 heteroatoms. The first-order valence-electron chi connectivity index (χ1n) is 6.27. The van der Waals surface area contributed by atoms with Crippen molar-refractivity contribution in [3.63, 3.8) is 0 Å². The Morgan fingerprint density at radius 3 is 2.71 bits per heavy atom. The molecule has 21 heavy (non-hydrogen) atoms. The van der Waals surface area contributed by atoms with Crippen molar-refractivity contribution < 1.29 is 9.53 Å².